The molecular formula is C18H18BrClN6. The van der Waals surface area contributed by atoms with Gasteiger partial charge in [0.15, 0.2) is 0 Å². The second-order valence-corrected chi connectivity index (χ2v) is 7.36. The van der Waals surface area contributed by atoms with Gasteiger partial charge in [0.05, 0.1) is 33.1 Å². The van der Waals surface area contributed by atoms with E-state index in [1.807, 2.05) is 24.5 Å². The van der Waals surface area contributed by atoms with E-state index < -0.39 is 0 Å². The lowest BCUT2D eigenvalue weighted by atomic mass is 10.2. The molecule has 1 aliphatic rings. The van der Waals surface area contributed by atoms with Crippen LogP contribution in [-0.4, -0.2) is 41.1 Å². The van der Waals surface area contributed by atoms with Crippen molar-refractivity contribution in [3.8, 4) is 0 Å². The van der Waals surface area contributed by atoms with Crippen LogP contribution in [0.5, 0.6) is 0 Å². The van der Waals surface area contributed by atoms with Crippen LogP contribution in [0.4, 0.5) is 11.4 Å². The number of nitrogens with zero attached hydrogens (tertiary/aromatic N) is 4. The third-order valence-electron chi connectivity index (χ3n) is 4.41. The predicted molar refractivity (Wildman–Crippen MR) is 109 cm³/mol. The topological polar surface area (TPSA) is 66.0 Å². The first-order valence-electron chi connectivity index (χ1n) is 8.44. The van der Waals surface area contributed by atoms with Crippen molar-refractivity contribution < 1.29 is 0 Å². The first-order valence-corrected chi connectivity index (χ1v) is 9.61. The molecule has 1 aliphatic heterocycles. The number of pyridine rings is 1. The van der Waals surface area contributed by atoms with E-state index in [0.29, 0.717) is 11.6 Å². The van der Waals surface area contributed by atoms with Crippen molar-refractivity contribution in [2.75, 3.05) is 36.4 Å². The maximum Gasteiger partial charge on any atom is 0.0901 e. The van der Waals surface area contributed by atoms with Crippen molar-refractivity contribution in [2.24, 2.45) is 0 Å². The Morgan fingerprint density at radius 3 is 2.62 bits per heavy atom. The standard InChI is InChI=1S/C18H18BrClN6/c19-13-10-22-11-17(18(13)26-5-3-21-4-6-26)25-9-12-7-15-16(8-14(12)20)24-2-1-23-15/h1-2,7-8,10-11,21,25H,3-6,9H2. The zero-order chi connectivity index (χ0) is 17.9. The van der Waals surface area contributed by atoms with Gasteiger partial charge in [-0.05, 0) is 33.6 Å². The van der Waals surface area contributed by atoms with E-state index in [9.17, 15) is 0 Å². The van der Waals surface area contributed by atoms with Crippen LogP contribution >= 0.6 is 27.5 Å². The number of hydrogen-bond donors (Lipinski definition) is 2. The summed E-state index contributed by atoms with van der Waals surface area (Å²) in [4.78, 5) is 15.3. The van der Waals surface area contributed by atoms with Crippen LogP contribution in [0.2, 0.25) is 5.02 Å². The van der Waals surface area contributed by atoms with Crippen LogP contribution in [0.25, 0.3) is 11.0 Å². The summed E-state index contributed by atoms with van der Waals surface area (Å²) in [5.74, 6) is 0. The van der Waals surface area contributed by atoms with E-state index >= 15 is 0 Å². The largest absolute Gasteiger partial charge is 0.378 e. The highest BCUT2D eigenvalue weighted by molar-refractivity contribution is 9.10. The normalized spacial score (nSPS) is 14.6. The molecule has 0 spiro atoms. The Labute approximate surface area is 165 Å². The van der Waals surface area contributed by atoms with Gasteiger partial charge >= 0.3 is 0 Å². The first kappa shape index (κ1) is 17.5. The zero-order valence-electron chi connectivity index (χ0n) is 14.0. The number of halogens is 2. The third kappa shape index (κ3) is 3.60. The average molecular weight is 434 g/mol. The van der Waals surface area contributed by atoms with Gasteiger partial charge in [-0.2, -0.15) is 0 Å². The number of aromatic nitrogens is 3. The quantitative estimate of drug-likeness (QED) is 0.657. The molecule has 0 saturated carbocycles. The van der Waals surface area contributed by atoms with Crippen LogP contribution in [0, 0.1) is 0 Å². The second kappa shape index (κ2) is 7.73. The summed E-state index contributed by atoms with van der Waals surface area (Å²) in [5.41, 5.74) is 4.73. The number of fused-ring (bicyclic) bond motifs is 1. The molecule has 2 aromatic heterocycles. The molecule has 0 atom stereocenters. The molecule has 2 N–H and O–H groups in total. The molecule has 3 aromatic rings. The predicted octanol–water partition coefficient (Wildman–Crippen LogP) is 3.46. The minimum atomic E-state index is 0.586. The van der Waals surface area contributed by atoms with Gasteiger partial charge in [-0.25, -0.2) is 0 Å². The van der Waals surface area contributed by atoms with Gasteiger partial charge in [0.1, 0.15) is 0 Å². The molecule has 6 nitrogen and oxygen atoms in total. The van der Waals surface area contributed by atoms with Gasteiger partial charge < -0.3 is 15.5 Å². The Morgan fingerprint density at radius 1 is 1.12 bits per heavy atom. The van der Waals surface area contributed by atoms with Crippen molar-refractivity contribution >= 4 is 49.9 Å². The van der Waals surface area contributed by atoms with Crippen LogP contribution in [-0.2, 0) is 6.54 Å². The Morgan fingerprint density at radius 2 is 1.85 bits per heavy atom. The Balaban J connectivity index is 1.60. The van der Waals surface area contributed by atoms with E-state index in [1.165, 1.54) is 0 Å². The van der Waals surface area contributed by atoms with Crippen LogP contribution < -0.4 is 15.5 Å². The molecule has 26 heavy (non-hydrogen) atoms. The summed E-state index contributed by atoms with van der Waals surface area (Å²) >= 11 is 10.1. The Bertz CT molecular complexity index is 929. The molecule has 0 unspecified atom stereocenters. The molecule has 0 amide bonds. The summed E-state index contributed by atoms with van der Waals surface area (Å²) in [6, 6.07) is 3.84. The molecule has 0 aliphatic carbocycles. The highest BCUT2D eigenvalue weighted by atomic mass is 79.9. The average Bonchev–Trinajstić information content (AvgIpc) is 2.67. The third-order valence-corrected chi connectivity index (χ3v) is 5.35. The second-order valence-electron chi connectivity index (χ2n) is 6.10. The molecule has 3 heterocycles. The van der Waals surface area contributed by atoms with Gasteiger partial charge in [0.25, 0.3) is 0 Å². The summed E-state index contributed by atoms with van der Waals surface area (Å²) < 4.78 is 0.986. The van der Waals surface area contributed by atoms with E-state index in [4.69, 9.17) is 11.6 Å². The van der Waals surface area contributed by atoms with E-state index in [1.54, 1.807) is 12.4 Å². The molecular weight excluding hydrogens is 416 g/mol. The lowest BCUT2D eigenvalue weighted by Crippen LogP contribution is -2.44. The maximum atomic E-state index is 6.44. The van der Waals surface area contributed by atoms with Crippen molar-refractivity contribution in [3.05, 3.63) is 52.0 Å². The van der Waals surface area contributed by atoms with E-state index in [0.717, 1.165) is 58.6 Å². The molecule has 134 valence electrons. The summed E-state index contributed by atoms with van der Waals surface area (Å²) in [6.45, 7) is 4.46. The van der Waals surface area contributed by atoms with Gasteiger partial charge in [-0.3, -0.25) is 15.0 Å². The number of nitrogens with one attached hydrogen (secondary N) is 2. The molecule has 4 rings (SSSR count). The zero-order valence-corrected chi connectivity index (χ0v) is 16.4. The SMILES string of the molecule is Clc1cc2nccnc2cc1CNc1cncc(Br)c1N1CCNCC1. The fraction of sp³-hybridized carbons (Fsp3) is 0.278. The lowest BCUT2D eigenvalue weighted by molar-refractivity contribution is 0.589. The minimum Gasteiger partial charge on any atom is -0.378 e. The summed E-state index contributed by atoms with van der Waals surface area (Å²) in [7, 11) is 0. The Kier molecular flexibility index (Phi) is 5.19. The summed E-state index contributed by atoms with van der Waals surface area (Å²) in [6.07, 6.45) is 7.05. The first-order chi connectivity index (χ1) is 12.7. The maximum absolute atomic E-state index is 6.44. The van der Waals surface area contributed by atoms with Crippen molar-refractivity contribution in [1.29, 1.82) is 0 Å². The Hall–Kier alpha value is -1.96. The van der Waals surface area contributed by atoms with Crippen LogP contribution in [0.1, 0.15) is 5.56 Å². The van der Waals surface area contributed by atoms with Crippen LogP contribution in [0.15, 0.2) is 41.4 Å². The molecule has 0 bridgehead atoms. The number of anilines is 2. The molecule has 1 fully saturated rings. The number of piperazine rings is 1. The highest BCUT2D eigenvalue weighted by Crippen LogP contribution is 2.34. The lowest BCUT2D eigenvalue weighted by Gasteiger charge is -2.31. The highest BCUT2D eigenvalue weighted by Gasteiger charge is 2.18. The molecule has 1 aromatic carbocycles. The number of hydrogen-bond acceptors (Lipinski definition) is 6. The fourth-order valence-corrected chi connectivity index (χ4v) is 3.93. The minimum absolute atomic E-state index is 0.586. The smallest absolute Gasteiger partial charge is 0.0901 e. The van der Waals surface area contributed by atoms with Gasteiger partial charge in [-0.1, -0.05) is 11.6 Å². The van der Waals surface area contributed by atoms with E-state index in [-0.39, 0.29) is 0 Å². The molecule has 1 saturated heterocycles. The van der Waals surface area contributed by atoms with Crippen molar-refractivity contribution in [2.45, 2.75) is 6.54 Å². The van der Waals surface area contributed by atoms with Gasteiger partial charge in [-0.15, -0.1) is 0 Å². The summed E-state index contributed by atoms with van der Waals surface area (Å²) in [5, 5.41) is 7.55. The van der Waals surface area contributed by atoms with Crippen molar-refractivity contribution in [3.63, 3.8) is 0 Å². The number of rotatable bonds is 4. The van der Waals surface area contributed by atoms with Crippen molar-refractivity contribution in [1.82, 2.24) is 20.3 Å². The van der Waals surface area contributed by atoms with Gasteiger partial charge in [0.2, 0.25) is 0 Å². The van der Waals surface area contributed by atoms with Gasteiger partial charge in [0, 0.05) is 56.3 Å². The molecule has 8 heteroatoms. The monoisotopic (exact) mass is 432 g/mol. The fourth-order valence-electron chi connectivity index (χ4n) is 3.12. The van der Waals surface area contributed by atoms with Crippen LogP contribution in [0.3, 0.4) is 0 Å². The number of benzene rings is 1. The molecule has 0 radical (unpaired) electrons. The van der Waals surface area contributed by atoms with E-state index in [2.05, 4.69) is 46.4 Å².